The van der Waals surface area contributed by atoms with Crippen LogP contribution in [0, 0.1) is 17.1 Å². The number of halogens is 1. The van der Waals surface area contributed by atoms with Gasteiger partial charge in [-0.25, -0.2) is 4.39 Å². The van der Waals surface area contributed by atoms with Crippen LogP contribution in [0.15, 0.2) is 48.5 Å². The molecule has 7 heteroatoms. The molecule has 0 bridgehead atoms. The van der Waals surface area contributed by atoms with Crippen LogP contribution in [0.25, 0.3) is 0 Å². The van der Waals surface area contributed by atoms with Gasteiger partial charge in [0.25, 0.3) is 11.8 Å². The van der Waals surface area contributed by atoms with Crippen molar-refractivity contribution in [3.8, 4) is 11.8 Å². The second-order valence-electron chi connectivity index (χ2n) is 4.41. The number of nitriles is 1. The SMILES string of the molecule is N#Cc1ccc(C(=O)NNC(=O)COc2ccccc2F)cc1. The van der Waals surface area contributed by atoms with Gasteiger partial charge in [-0.3, -0.25) is 20.4 Å². The maximum atomic E-state index is 13.3. The minimum atomic E-state index is -0.643. The number of carbonyl (C=O) groups excluding carboxylic acids is 2. The number of rotatable bonds is 4. The molecule has 2 amide bonds. The van der Waals surface area contributed by atoms with Crippen LogP contribution in [0.4, 0.5) is 4.39 Å². The Kier molecular flexibility index (Phi) is 5.25. The zero-order chi connectivity index (χ0) is 16.7. The van der Waals surface area contributed by atoms with Crippen molar-refractivity contribution < 1.29 is 18.7 Å². The van der Waals surface area contributed by atoms with Crippen LogP contribution in [0.2, 0.25) is 0 Å². The zero-order valence-corrected chi connectivity index (χ0v) is 11.9. The molecule has 0 heterocycles. The van der Waals surface area contributed by atoms with Gasteiger partial charge in [-0.1, -0.05) is 12.1 Å². The summed E-state index contributed by atoms with van der Waals surface area (Å²) in [6.45, 7) is -0.450. The topological polar surface area (TPSA) is 91.2 Å². The number of amides is 2. The molecule has 0 saturated heterocycles. The van der Waals surface area contributed by atoms with Gasteiger partial charge in [-0.2, -0.15) is 5.26 Å². The van der Waals surface area contributed by atoms with Crippen molar-refractivity contribution in [2.24, 2.45) is 0 Å². The molecule has 0 saturated carbocycles. The number of nitrogens with one attached hydrogen (secondary N) is 2. The van der Waals surface area contributed by atoms with E-state index in [1.54, 1.807) is 6.07 Å². The van der Waals surface area contributed by atoms with Crippen LogP contribution in [0.1, 0.15) is 15.9 Å². The first kappa shape index (κ1) is 16.0. The molecule has 2 aromatic rings. The molecule has 116 valence electrons. The zero-order valence-electron chi connectivity index (χ0n) is 11.9. The van der Waals surface area contributed by atoms with Crippen LogP contribution in [-0.4, -0.2) is 18.4 Å². The first-order valence-electron chi connectivity index (χ1n) is 6.57. The quantitative estimate of drug-likeness (QED) is 0.838. The molecule has 0 fully saturated rings. The number of ether oxygens (including phenoxy) is 1. The monoisotopic (exact) mass is 313 g/mol. The molecule has 0 aliphatic carbocycles. The molecule has 0 aliphatic heterocycles. The smallest absolute Gasteiger partial charge is 0.276 e. The van der Waals surface area contributed by atoms with E-state index in [-0.39, 0.29) is 11.3 Å². The van der Waals surface area contributed by atoms with Gasteiger partial charge < -0.3 is 4.74 Å². The van der Waals surface area contributed by atoms with Gasteiger partial charge >= 0.3 is 0 Å². The third-order valence-corrected chi connectivity index (χ3v) is 2.79. The average Bonchev–Trinajstić information content (AvgIpc) is 2.59. The van der Waals surface area contributed by atoms with Crippen molar-refractivity contribution in [3.63, 3.8) is 0 Å². The summed E-state index contributed by atoms with van der Waals surface area (Å²) in [5.41, 5.74) is 5.04. The van der Waals surface area contributed by atoms with Crippen LogP contribution in [0.5, 0.6) is 5.75 Å². The number of hydrogen-bond acceptors (Lipinski definition) is 4. The van der Waals surface area contributed by atoms with Gasteiger partial charge in [-0.05, 0) is 36.4 Å². The van der Waals surface area contributed by atoms with Crippen LogP contribution < -0.4 is 15.6 Å². The third-order valence-electron chi connectivity index (χ3n) is 2.79. The van der Waals surface area contributed by atoms with Crippen molar-refractivity contribution in [3.05, 3.63) is 65.5 Å². The second kappa shape index (κ2) is 7.56. The molecule has 0 spiro atoms. The number of para-hydroxylation sites is 1. The maximum Gasteiger partial charge on any atom is 0.276 e. The summed E-state index contributed by atoms with van der Waals surface area (Å²) in [4.78, 5) is 23.3. The fraction of sp³-hybridized carbons (Fsp3) is 0.0625. The molecular formula is C16H12FN3O3. The van der Waals surface area contributed by atoms with E-state index in [1.165, 1.54) is 42.5 Å². The Hall–Kier alpha value is -3.40. The maximum absolute atomic E-state index is 13.3. The number of hydrazine groups is 1. The van der Waals surface area contributed by atoms with Crippen molar-refractivity contribution in [2.75, 3.05) is 6.61 Å². The predicted octanol–water partition coefficient (Wildman–Crippen LogP) is 1.54. The number of nitrogens with zero attached hydrogens (tertiary/aromatic N) is 1. The Morgan fingerprint density at radius 3 is 2.43 bits per heavy atom. The Labute approximate surface area is 131 Å². The summed E-state index contributed by atoms with van der Waals surface area (Å²) >= 11 is 0. The summed E-state index contributed by atoms with van der Waals surface area (Å²) in [6.07, 6.45) is 0. The van der Waals surface area contributed by atoms with Gasteiger partial charge in [0.2, 0.25) is 0 Å². The summed E-state index contributed by atoms with van der Waals surface area (Å²) in [5.74, 6) is -1.83. The molecule has 2 rings (SSSR count). The lowest BCUT2D eigenvalue weighted by atomic mass is 10.1. The lowest BCUT2D eigenvalue weighted by molar-refractivity contribution is -0.123. The molecule has 0 atom stereocenters. The van der Waals surface area contributed by atoms with E-state index in [2.05, 4.69) is 10.9 Å². The highest BCUT2D eigenvalue weighted by molar-refractivity contribution is 5.95. The van der Waals surface area contributed by atoms with Gasteiger partial charge in [-0.15, -0.1) is 0 Å². The highest BCUT2D eigenvalue weighted by Crippen LogP contribution is 2.14. The fourth-order valence-electron chi connectivity index (χ4n) is 1.64. The Balaban J connectivity index is 1.80. The van der Waals surface area contributed by atoms with E-state index < -0.39 is 24.2 Å². The van der Waals surface area contributed by atoms with Gasteiger partial charge in [0, 0.05) is 5.56 Å². The summed E-state index contributed by atoms with van der Waals surface area (Å²) in [6, 6.07) is 13.5. The van der Waals surface area contributed by atoms with Crippen molar-refractivity contribution >= 4 is 11.8 Å². The van der Waals surface area contributed by atoms with Crippen molar-refractivity contribution in [1.29, 1.82) is 5.26 Å². The minimum absolute atomic E-state index is 0.0546. The Morgan fingerprint density at radius 2 is 1.78 bits per heavy atom. The van der Waals surface area contributed by atoms with Crippen molar-refractivity contribution in [1.82, 2.24) is 10.9 Å². The number of carbonyl (C=O) groups is 2. The molecule has 0 unspecified atom stereocenters. The predicted molar refractivity (Wildman–Crippen MR) is 78.7 cm³/mol. The summed E-state index contributed by atoms with van der Waals surface area (Å²) in [7, 11) is 0. The summed E-state index contributed by atoms with van der Waals surface area (Å²) < 4.78 is 18.3. The molecule has 0 aromatic heterocycles. The van der Waals surface area contributed by atoms with Crippen LogP contribution >= 0.6 is 0 Å². The fourth-order valence-corrected chi connectivity index (χ4v) is 1.64. The van der Waals surface area contributed by atoms with E-state index in [4.69, 9.17) is 10.00 Å². The van der Waals surface area contributed by atoms with E-state index >= 15 is 0 Å². The van der Waals surface area contributed by atoms with Gasteiger partial charge in [0.15, 0.2) is 18.2 Å². The molecule has 2 N–H and O–H groups in total. The van der Waals surface area contributed by atoms with Crippen LogP contribution in [0.3, 0.4) is 0 Å². The standard InChI is InChI=1S/C16H12FN3O3/c17-13-3-1-2-4-14(13)23-10-15(21)19-20-16(22)12-7-5-11(9-18)6-8-12/h1-8H,10H2,(H,19,21)(H,20,22). The normalized spacial score (nSPS) is 9.57. The Morgan fingerprint density at radius 1 is 1.09 bits per heavy atom. The van der Waals surface area contributed by atoms with E-state index in [9.17, 15) is 14.0 Å². The van der Waals surface area contributed by atoms with Crippen molar-refractivity contribution in [2.45, 2.75) is 0 Å². The third kappa shape index (κ3) is 4.54. The molecular weight excluding hydrogens is 301 g/mol. The van der Waals surface area contributed by atoms with Crippen LogP contribution in [-0.2, 0) is 4.79 Å². The highest BCUT2D eigenvalue weighted by Gasteiger charge is 2.09. The molecule has 0 radical (unpaired) electrons. The second-order valence-corrected chi connectivity index (χ2v) is 4.41. The number of hydrogen-bond donors (Lipinski definition) is 2. The largest absolute Gasteiger partial charge is 0.481 e. The Bertz CT molecular complexity index is 754. The first-order chi connectivity index (χ1) is 11.1. The van der Waals surface area contributed by atoms with Gasteiger partial charge in [0.05, 0.1) is 11.6 Å². The van der Waals surface area contributed by atoms with E-state index in [1.807, 2.05) is 6.07 Å². The lowest BCUT2D eigenvalue weighted by Crippen LogP contribution is -2.43. The van der Waals surface area contributed by atoms with E-state index in [0.29, 0.717) is 5.56 Å². The first-order valence-corrected chi connectivity index (χ1v) is 6.57. The average molecular weight is 313 g/mol. The lowest BCUT2D eigenvalue weighted by Gasteiger charge is -2.09. The van der Waals surface area contributed by atoms with E-state index in [0.717, 1.165) is 0 Å². The highest BCUT2D eigenvalue weighted by atomic mass is 19.1. The molecule has 0 aliphatic rings. The van der Waals surface area contributed by atoms with Gasteiger partial charge in [0.1, 0.15) is 0 Å². The number of benzene rings is 2. The molecule has 6 nitrogen and oxygen atoms in total. The molecule has 23 heavy (non-hydrogen) atoms. The summed E-state index contributed by atoms with van der Waals surface area (Å²) in [5, 5.41) is 8.67. The molecule has 2 aromatic carbocycles. The minimum Gasteiger partial charge on any atom is -0.481 e.